The van der Waals surface area contributed by atoms with Crippen LogP contribution in [0.2, 0.25) is 0 Å². The van der Waals surface area contributed by atoms with Crippen LogP contribution in [0.5, 0.6) is 0 Å². The van der Waals surface area contributed by atoms with Crippen LogP contribution in [0.25, 0.3) is 0 Å². The third kappa shape index (κ3) is 12.2. The van der Waals surface area contributed by atoms with E-state index in [1.54, 1.807) is 6.92 Å². The summed E-state index contributed by atoms with van der Waals surface area (Å²) in [5, 5.41) is 9.63. The summed E-state index contributed by atoms with van der Waals surface area (Å²) in [5.41, 5.74) is 0.817. The van der Waals surface area contributed by atoms with Crippen LogP contribution in [0.4, 0.5) is 0 Å². The molecule has 0 bridgehead atoms. The van der Waals surface area contributed by atoms with E-state index in [2.05, 4.69) is 0 Å². The Kier molecular flexibility index (Phi) is 14.2. The first-order chi connectivity index (χ1) is 16.1. The first-order valence-corrected chi connectivity index (χ1v) is 12.6. The van der Waals surface area contributed by atoms with Crippen LogP contribution in [0, 0.1) is 5.92 Å². The fourth-order valence-electron chi connectivity index (χ4n) is 4.36. The van der Waals surface area contributed by atoms with Crippen LogP contribution < -0.4 is 0 Å². The average molecular weight is 483 g/mol. The number of unbranched alkanes of at least 4 members (excludes halogenated alkanes) is 9. The number of rotatable bonds is 18. The van der Waals surface area contributed by atoms with Crippen LogP contribution >= 0.6 is 0 Å². The zero-order chi connectivity index (χ0) is 25.5. The molecule has 4 atom stereocenters. The number of ether oxygens (including phenoxy) is 3. The maximum absolute atomic E-state index is 11.8. The lowest BCUT2D eigenvalue weighted by Crippen LogP contribution is -2.41. The number of hydrogen-bond acceptors (Lipinski definition) is 7. The summed E-state index contributed by atoms with van der Waals surface area (Å²) < 4.78 is 15.4. The van der Waals surface area contributed by atoms with Gasteiger partial charge in [-0.1, -0.05) is 57.8 Å². The minimum absolute atomic E-state index is 0.0860. The first kappa shape index (κ1) is 29.7. The van der Waals surface area contributed by atoms with Crippen LogP contribution in [0.15, 0.2) is 11.6 Å². The second kappa shape index (κ2) is 16.3. The molecule has 0 fully saturated rings. The molecule has 1 aliphatic rings. The van der Waals surface area contributed by atoms with Gasteiger partial charge in [0.2, 0.25) is 0 Å². The Morgan fingerprint density at radius 1 is 0.912 bits per heavy atom. The number of esters is 3. The van der Waals surface area contributed by atoms with Crippen molar-refractivity contribution < 1.29 is 38.5 Å². The molecule has 0 aromatic carbocycles. The molecular formula is C26H42O8. The van der Waals surface area contributed by atoms with E-state index in [-0.39, 0.29) is 12.1 Å². The van der Waals surface area contributed by atoms with E-state index in [4.69, 9.17) is 14.2 Å². The maximum Gasteiger partial charge on any atom is 0.334 e. The predicted octanol–water partition coefficient (Wildman–Crippen LogP) is 5.12. The Morgan fingerprint density at radius 3 is 1.85 bits per heavy atom. The smallest absolute Gasteiger partial charge is 0.334 e. The van der Waals surface area contributed by atoms with E-state index in [0.29, 0.717) is 12.8 Å². The normalized spacial score (nSPS) is 17.9. The van der Waals surface area contributed by atoms with E-state index < -0.39 is 36.0 Å². The molecule has 1 rings (SSSR count). The summed E-state index contributed by atoms with van der Waals surface area (Å²) in [6.45, 7) is 5.88. The summed E-state index contributed by atoms with van der Waals surface area (Å²) in [4.78, 5) is 46.0. The number of carboxylic acids is 1. The average Bonchev–Trinajstić information content (AvgIpc) is 3.06. The predicted molar refractivity (Wildman–Crippen MR) is 127 cm³/mol. The van der Waals surface area contributed by atoms with Crippen molar-refractivity contribution in [3.05, 3.63) is 11.6 Å². The van der Waals surface area contributed by atoms with Crippen molar-refractivity contribution in [2.45, 2.75) is 123 Å². The van der Waals surface area contributed by atoms with Crippen molar-refractivity contribution in [1.29, 1.82) is 0 Å². The fraction of sp³-hybridized carbons (Fsp3) is 0.769. The number of aliphatic carboxylic acids is 1. The Bertz CT molecular complexity index is 699. The summed E-state index contributed by atoms with van der Waals surface area (Å²) in [7, 11) is 0. The first-order valence-electron chi connectivity index (χ1n) is 12.6. The molecule has 0 spiro atoms. The van der Waals surface area contributed by atoms with Crippen molar-refractivity contribution in [2.75, 3.05) is 0 Å². The van der Waals surface area contributed by atoms with Gasteiger partial charge in [0, 0.05) is 19.4 Å². The molecule has 1 heterocycles. The lowest BCUT2D eigenvalue weighted by atomic mass is 9.92. The van der Waals surface area contributed by atoms with Crippen molar-refractivity contribution in [3.63, 3.8) is 0 Å². The van der Waals surface area contributed by atoms with Crippen LogP contribution in [-0.4, -0.2) is 47.3 Å². The zero-order valence-corrected chi connectivity index (χ0v) is 21.2. The fourth-order valence-corrected chi connectivity index (χ4v) is 4.36. The number of carbonyl (C=O) groups excluding carboxylic acids is 3. The van der Waals surface area contributed by atoms with Gasteiger partial charge in [0.15, 0.2) is 6.10 Å². The van der Waals surface area contributed by atoms with Gasteiger partial charge in [-0.25, -0.2) is 4.79 Å². The lowest BCUT2D eigenvalue weighted by molar-refractivity contribution is -0.174. The highest BCUT2D eigenvalue weighted by molar-refractivity contribution is 5.90. The molecule has 34 heavy (non-hydrogen) atoms. The van der Waals surface area contributed by atoms with E-state index in [1.165, 1.54) is 26.7 Å². The van der Waals surface area contributed by atoms with Crippen molar-refractivity contribution in [1.82, 2.24) is 0 Å². The summed E-state index contributed by atoms with van der Waals surface area (Å²) in [6, 6.07) is 0. The van der Waals surface area contributed by atoms with Gasteiger partial charge in [-0.3, -0.25) is 14.4 Å². The molecule has 0 radical (unpaired) electrons. The molecule has 1 unspecified atom stereocenters. The second-order valence-corrected chi connectivity index (χ2v) is 9.21. The molecule has 0 amide bonds. The van der Waals surface area contributed by atoms with E-state index >= 15 is 0 Å². The summed E-state index contributed by atoms with van der Waals surface area (Å²) in [6.07, 6.45) is 11.7. The van der Waals surface area contributed by atoms with E-state index in [9.17, 15) is 24.3 Å². The molecule has 1 aliphatic heterocycles. The standard InChI is InChI=1S/C26H42O8/c1-18-17-22(26(31)32-18)15-13-11-9-7-5-6-8-10-12-14-16-23(25(29)30)24(34-21(4)28)19(2)33-20(3)27/h17-19,23-24H,5-16H2,1-4H3,(H,29,30)/t18-,19-,23?,24+/m0/s1. The third-order valence-electron chi connectivity index (χ3n) is 6.03. The second-order valence-electron chi connectivity index (χ2n) is 9.21. The third-order valence-corrected chi connectivity index (χ3v) is 6.03. The molecule has 1 N–H and O–H groups in total. The molecular weight excluding hydrogens is 440 g/mol. The van der Waals surface area contributed by atoms with Gasteiger partial charge in [0.05, 0.1) is 5.92 Å². The van der Waals surface area contributed by atoms with Gasteiger partial charge in [-0.15, -0.1) is 0 Å². The Labute approximate surface area is 203 Å². The number of cyclic esters (lactones) is 1. The highest BCUT2D eigenvalue weighted by Gasteiger charge is 2.36. The van der Waals surface area contributed by atoms with Gasteiger partial charge < -0.3 is 19.3 Å². The van der Waals surface area contributed by atoms with Gasteiger partial charge in [0.1, 0.15) is 12.2 Å². The highest BCUT2D eigenvalue weighted by Crippen LogP contribution is 2.23. The van der Waals surface area contributed by atoms with Crippen LogP contribution in [-0.2, 0) is 33.4 Å². The molecule has 8 heteroatoms. The van der Waals surface area contributed by atoms with Crippen LogP contribution in [0.3, 0.4) is 0 Å². The van der Waals surface area contributed by atoms with Gasteiger partial charge in [-0.05, 0) is 39.2 Å². The number of carbonyl (C=O) groups is 4. The monoisotopic (exact) mass is 482 g/mol. The molecule has 194 valence electrons. The molecule has 0 aliphatic carbocycles. The van der Waals surface area contributed by atoms with Gasteiger partial charge in [0.25, 0.3) is 0 Å². The Hall–Kier alpha value is -2.38. The summed E-state index contributed by atoms with van der Waals surface area (Å²) >= 11 is 0. The molecule has 0 aromatic rings. The van der Waals surface area contributed by atoms with E-state index in [0.717, 1.165) is 56.9 Å². The van der Waals surface area contributed by atoms with Gasteiger partial charge in [-0.2, -0.15) is 0 Å². The minimum Gasteiger partial charge on any atom is -0.481 e. The zero-order valence-electron chi connectivity index (χ0n) is 21.2. The number of hydrogen-bond donors (Lipinski definition) is 1. The highest BCUT2D eigenvalue weighted by atomic mass is 16.6. The maximum atomic E-state index is 11.8. The topological polar surface area (TPSA) is 116 Å². The minimum atomic E-state index is -1.05. The summed E-state index contributed by atoms with van der Waals surface area (Å²) in [5.74, 6) is -3.27. The molecule has 0 saturated carbocycles. The van der Waals surface area contributed by atoms with Crippen molar-refractivity contribution in [3.8, 4) is 0 Å². The van der Waals surface area contributed by atoms with Crippen molar-refractivity contribution >= 4 is 23.9 Å². The Balaban J connectivity index is 2.16. The molecule has 0 saturated heterocycles. The quantitative estimate of drug-likeness (QED) is 0.162. The van der Waals surface area contributed by atoms with Gasteiger partial charge >= 0.3 is 23.9 Å². The lowest BCUT2D eigenvalue weighted by Gasteiger charge is -2.28. The van der Waals surface area contributed by atoms with Crippen molar-refractivity contribution in [2.24, 2.45) is 5.92 Å². The van der Waals surface area contributed by atoms with E-state index in [1.807, 2.05) is 13.0 Å². The Morgan fingerprint density at radius 2 is 1.41 bits per heavy atom. The SMILES string of the molecule is CC(=O)O[C@@H](C)[C@@H](OC(C)=O)C(CCCCCCCCCCCCC1=C[C@H](C)OC1=O)C(=O)O. The van der Waals surface area contributed by atoms with Crippen LogP contribution in [0.1, 0.15) is 105 Å². The largest absolute Gasteiger partial charge is 0.481 e. The molecule has 0 aromatic heterocycles. The number of carboxylic acid groups (broad SMARTS) is 1. The molecule has 8 nitrogen and oxygen atoms in total.